The van der Waals surface area contributed by atoms with Crippen LogP contribution in [0.25, 0.3) is 77.7 Å². The molecule has 192 valence electrons. The van der Waals surface area contributed by atoms with Crippen LogP contribution in [-0.4, -0.2) is 9.97 Å². The number of hydrogen-bond acceptors (Lipinski definition) is 3. The smallest absolute Gasteiger partial charge is 0.135 e. The zero-order valence-corrected chi connectivity index (χ0v) is 22.2. The molecule has 0 N–H and O–H groups in total. The van der Waals surface area contributed by atoms with Gasteiger partial charge in [0.05, 0.1) is 22.4 Å². The number of para-hydroxylation sites is 2. The monoisotopic (exact) mass is 524 g/mol. The molecule has 0 fully saturated rings. The number of aromatic nitrogens is 2. The summed E-state index contributed by atoms with van der Waals surface area (Å²) < 4.78 is 6.03. The van der Waals surface area contributed by atoms with Gasteiger partial charge in [-0.25, -0.2) is 9.97 Å². The van der Waals surface area contributed by atoms with Crippen LogP contribution in [0.2, 0.25) is 0 Å². The maximum Gasteiger partial charge on any atom is 0.135 e. The highest BCUT2D eigenvalue weighted by molar-refractivity contribution is 6.06. The molecule has 0 spiro atoms. The molecule has 0 saturated heterocycles. The van der Waals surface area contributed by atoms with Crippen molar-refractivity contribution in [3.05, 3.63) is 146 Å². The normalized spacial score (nSPS) is 11.4. The van der Waals surface area contributed by atoms with Gasteiger partial charge in [0.25, 0.3) is 0 Å². The number of benzene rings is 6. The quantitative estimate of drug-likeness (QED) is 0.230. The average molecular weight is 525 g/mol. The predicted molar refractivity (Wildman–Crippen MR) is 169 cm³/mol. The van der Waals surface area contributed by atoms with E-state index in [2.05, 4.69) is 91.0 Å². The van der Waals surface area contributed by atoms with Crippen molar-refractivity contribution in [3.63, 3.8) is 0 Å². The first-order valence-corrected chi connectivity index (χ1v) is 13.8. The summed E-state index contributed by atoms with van der Waals surface area (Å²) in [7, 11) is 0. The Morgan fingerprint density at radius 2 is 1.00 bits per heavy atom. The molecule has 0 unspecified atom stereocenters. The van der Waals surface area contributed by atoms with E-state index < -0.39 is 0 Å². The minimum absolute atomic E-state index is 0.877. The molecule has 8 aromatic rings. The Morgan fingerprint density at radius 1 is 0.390 bits per heavy atom. The minimum atomic E-state index is 0.877. The summed E-state index contributed by atoms with van der Waals surface area (Å²) in [5.41, 5.74) is 12.0. The van der Waals surface area contributed by atoms with E-state index in [0.29, 0.717) is 0 Å². The maximum atomic E-state index is 6.03. The standard InChI is InChI=1S/C38H24N2O/c1-3-10-27(11-4-1)36-37(28-12-5-2-6-13-28)40-38-30(15-9-16-33(38)39-36)26-20-18-25(19-21-26)29-22-23-35-32(24-29)31-14-7-8-17-34(31)41-35/h1-24H. The fraction of sp³-hybridized carbons (Fsp3) is 0. The van der Waals surface area contributed by atoms with Crippen molar-refractivity contribution < 1.29 is 4.42 Å². The van der Waals surface area contributed by atoms with Crippen molar-refractivity contribution in [2.45, 2.75) is 0 Å². The molecule has 2 aromatic heterocycles. The van der Waals surface area contributed by atoms with Crippen LogP contribution in [0, 0.1) is 0 Å². The molecule has 0 aliphatic heterocycles. The van der Waals surface area contributed by atoms with Crippen LogP contribution in [0.15, 0.2) is 150 Å². The Labute approximate surface area is 237 Å². The van der Waals surface area contributed by atoms with E-state index in [9.17, 15) is 0 Å². The first-order chi connectivity index (χ1) is 20.3. The Balaban J connectivity index is 1.24. The maximum absolute atomic E-state index is 6.03. The van der Waals surface area contributed by atoms with Gasteiger partial charge in [-0.15, -0.1) is 0 Å². The molecule has 0 amide bonds. The third-order valence-corrected chi connectivity index (χ3v) is 7.70. The number of nitrogens with zero attached hydrogens (tertiary/aromatic N) is 2. The molecule has 0 aliphatic rings. The second-order valence-corrected chi connectivity index (χ2v) is 10.2. The van der Waals surface area contributed by atoms with Gasteiger partial charge < -0.3 is 4.42 Å². The number of hydrogen-bond donors (Lipinski definition) is 0. The molecule has 41 heavy (non-hydrogen) atoms. The molecule has 0 radical (unpaired) electrons. The van der Waals surface area contributed by atoms with E-state index >= 15 is 0 Å². The molecule has 3 nitrogen and oxygen atoms in total. The van der Waals surface area contributed by atoms with Crippen molar-refractivity contribution in [1.82, 2.24) is 9.97 Å². The van der Waals surface area contributed by atoms with Gasteiger partial charge in [0.2, 0.25) is 0 Å². The van der Waals surface area contributed by atoms with Gasteiger partial charge in [0.15, 0.2) is 0 Å². The molecule has 6 aromatic carbocycles. The molecule has 0 bridgehead atoms. The van der Waals surface area contributed by atoms with E-state index in [1.54, 1.807) is 0 Å². The van der Waals surface area contributed by atoms with Crippen molar-refractivity contribution in [2.24, 2.45) is 0 Å². The Bertz CT molecular complexity index is 2180. The van der Waals surface area contributed by atoms with E-state index in [-0.39, 0.29) is 0 Å². The molecule has 3 heteroatoms. The summed E-state index contributed by atoms with van der Waals surface area (Å²) in [6, 6.07) is 50.2. The third-order valence-electron chi connectivity index (χ3n) is 7.70. The first kappa shape index (κ1) is 23.4. The molecule has 0 atom stereocenters. The molecule has 0 saturated carbocycles. The van der Waals surface area contributed by atoms with Gasteiger partial charge in [-0.2, -0.15) is 0 Å². The largest absolute Gasteiger partial charge is 0.456 e. The Morgan fingerprint density at radius 3 is 1.76 bits per heavy atom. The SMILES string of the molecule is c1ccc(-c2nc3cccc(-c4ccc(-c5ccc6oc7ccccc7c6c5)cc4)c3nc2-c2ccccc2)cc1. The predicted octanol–water partition coefficient (Wildman–Crippen LogP) is 10.2. The van der Waals surface area contributed by atoms with E-state index in [1.807, 2.05) is 54.6 Å². The number of furan rings is 1. The van der Waals surface area contributed by atoms with E-state index in [4.69, 9.17) is 14.4 Å². The van der Waals surface area contributed by atoms with Crippen LogP contribution in [0.4, 0.5) is 0 Å². The van der Waals surface area contributed by atoms with Crippen LogP contribution in [0.5, 0.6) is 0 Å². The van der Waals surface area contributed by atoms with Crippen LogP contribution < -0.4 is 0 Å². The van der Waals surface area contributed by atoms with Gasteiger partial charge in [-0.3, -0.25) is 0 Å². The van der Waals surface area contributed by atoms with Crippen molar-refractivity contribution in [3.8, 4) is 44.8 Å². The summed E-state index contributed by atoms with van der Waals surface area (Å²) in [5, 5.41) is 2.27. The zero-order valence-electron chi connectivity index (χ0n) is 22.2. The average Bonchev–Trinajstić information content (AvgIpc) is 3.43. The lowest BCUT2D eigenvalue weighted by atomic mass is 9.97. The summed E-state index contributed by atoms with van der Waals surface area (Å²) >= 11 is 0. The summed E-state index contributed by atoms with van der Waals surface area (Å²) in [5.74, 6) is 0. The van der Waals surface area contributed by atoms with Crippen molar-refractivity contribution >= 4 is 33.0 Å². The Kier molecular flexibility index (Phi) is 5.46. The van der Waals surface area contributed by atoms with Crippen LogP contribution in [0.3, 0.4) is 0 Å². The lowest BCUT2D eigenvalue weighted by molar-refractivity contribution is 0.669. The van der Waals surface area contributed by atoms with E-state index in [1.165, 1.54) is 0 Å². The highest BCUT2D eigenvalue weighted by Crippen LogP contribution is 2.36. The minimum Gasteiger partial charge on any atom is -0.456 e. The van der Waals surface area contributed by atoms with Gasteiger partial charge in [-0.1, -0.05) is 121 Å². The van der Waals surface area contributed by atoms with Crippen LogP contribution >= 0.6 is 0 Å². The van der Waals surface area contributed by atoms with Crippen molar-refractivity contribution in [1.29, 1.82) is 0 Å². The second kappa shape index (κ2) is 9.58. The van der Waals surface area contributed by atoms with Gasteiger partial charge in [0, 0.05) is 27.5 Å². The van der Waals surface area contributed by atoms with E-state index in [0.717, 1.165) is 77.7 Å². The molecule has 0 aliphatic carbocycles. The van der Waals surface area contributed by atoms with Crippen LogP contribution in [0.1, 0.15) is 0 Å². The lowest BCUT2D eigenvalue weighted by Gasteiger charge is -2.13. The van der Waals surface area contributed by atoms with Crippen molar-refractivity contribution in [2.75, 3.05) is 0 Å². The summed E-state index contributed by atoms with van der Waals surface area (Å²) in [6.45, 7) is 0. The molecular formula is C38H24N2O. The topological polar surface area (TPSA) is 38.9 Å². The summed E-state index contributed by atoms with van der Waals surface area (Å²) in [4.78, 5) is 10.4. The molecular weight excluding hydrogens is 500 g/mol. The molecule has 8 rings (SSSR count). The molecule has 2 heterocycles. The summed E-state index contributed by atoms with van der Waals surface area (Å²) in [6.07, 6.45) is 0. The van der Waals surface area contributed by atoms with Crippen LogP contribution in [-0.2, 0) is 0 Å². The number of rotatable bonds is 4. The first-order valence-electron chi connectivity index (χ1n) is 13.8. The third kappa shape index (κ3) is 4.07. The zero-order chi connectivity index (χ0) is 27.2. The second-order valence-electron chi connectivity index (χ2n) is 10.2. The highest BCUT2D eigenvalue weighted by Gasteiger charge is 2.16. The van der Waals surface area contributed by atoms with Gasteiger partial charge >= 0.3 is 0 Å². The lowest BCUT2D eigenvalue weighted by Crippen LogP contribution is -1.97. The fourth-order valence-corrected chi connectivity index (χ4v) is 5.65. The van der Waals surface area contributed by atoms with Gasteiger partial charge in [0.1, 0.15) is 11.2 Å². The van der Waals surface area contributed by atoms with Gasteiger partial charge in [-0.05, 0) is 41.0 Å². The number of fused-ring (bicyclic) bond motifs is 4. The fourth-order valence-electron chi connectivity index (χ4n) is 5.65. The highest BCUT2D eigenvalue weighted by atomic mass is 16.3. The Hall–Kier alpha value is -5.54.